The standard InChI is InChI=1S/C22H22N2O5S2/c25-22(23-10-9-18-6-2-13-30-18)16-4-1-5-17(14-16)24-31(26,27)19-7-8-20-21(15-19)29-12-3-11-28-20/h1-2,4-8,13-15,24H,3,9-12H2,(H,23,25). The Hall–Kier alpha value is -3.04. The first-order chi connectivity index (χ1) is 15.0. The monoisotopic (exact) mass is 458 g/mol. The number of nitrogens with one attached hydrogen (secondary N) is 2. The zero-order chi connectivity index (χ0) is 21.7. The first kappa shape index (κ1) is 21.2. The Morgan fingerprint density at radius 1 is 1.00 bits per heavy atom. The number of rotatable bonds is 7. The van der Waals surface area contributed by atoms with Gasteiger partial charge in [0.25, 0.3) is 15.9 Å². The summed E-state index contributed by atoms with van der Waals surface area (Å²) in [6, 6.07) is 14.9. The lowest BCUT2D eigenvalue weighted by Crippen LogP contribution is -2.25. The number of fused-ring (bicyclic) bond motifs is 1. The van der Waals surface area contributed by atoms with Crippen LogP contribution < -0.4 is 19.5 Å². The van der Waals surface area contributed by atoms with Crippen LogP contribution in [-0.2, 0) is 16.4 Å². The zero-order valence-corrected chi connectivity index (χ0v) is 18.3. The molecule has 0 spiro atoms. The number of carbonyl (C=O) groups excluding carboxylic acids is 1. The molecule has 1 aromatic heterocycles. The molecule has 2 aromatic carbocycles. The normalized spacial score (nSPS) is 13.3. The molecule has 162 valence electrons. The van der Waals surface area contributed by atoms with Gasteiger partial charge in [-0.25, -0.2) is 8.42 Å². The van der Waals surface area contributed by atoms with Gasteiger partial charge in [-0.3, -0.25) is 9.52 Å². The van der Waals surface area contributed by atoms with Gasteiger partial charge in [0, 0.05) is 35.2 Å². The second kappa shape index (κ2) is 9.40. The van der Waals surface area contributed by atoms with Gasteiger partial charge in [0.05, 0.1) is 18.1 Å². The van der Waals surface area contributed by atoms with Gasteiger partial charge in [-0.15, -0.1) is 11.3 Å². The average Bonchev–Trinajstić information content (AvgIpc) is 3.16. The van der Waals surface area contributed by atoms with Crippen LogP contribution in [0.4, 0.5) is 5.69 Å². The van der Waals surface area contributed by atoms with E-state index < -0.39 is 10.0 Å². The van der Waals surface area contributed by atoms with Crippen molar-refractivity contribution in [1.29, 1.82) is 0 Å². The summed E-state index contributed by atoms with van der Waals surface area (Å²) < 4.78 is 39.4. The third-order valence-corrected chi connectivity index (χ3v) is 6.96. The molecule has 0 saturated heterocycles. The number of sulfonamides is 1. The van der Waals surface area contributed by atoms with E-state index in [9.17, 15) is 13.2 Å². The number of thiophene rings is 1. The fourth-order valence-corrected chi connectivity index (χ4v) is 4.88. The van der Waals surface area contributed by atoms with Crippen LogP contribution in [0.15, 0.2) is 64.9 Å². The molecule has 31 heavy (non-hydrogen) atoms. The predicted molar refractivity (Wildman–Crippen MR) is 120 cm³/mol. The van der Waals surface area contributed by atoms with Crippen molar-refractivity contribution >= 4 is 33.0 Å². The van der Waals surface area contributed by atoms with Crippen molar-refractivity contribution < 1.29 is 22.7 Å². The smallest absolute Gasteiger partial charge is 0.262 e. The molecule has 1 aliphatic rings. The second-order valence-electron chi connectivity index (χ2n) is 6.93. The van der Waals surface area contributed by atoms with Crippen molar-refractivity contribution in [3.8, 4) is 11.5 Å². The Morgan fingerprint density at radius 3 is 2.65 bits per heavy atom. The summed E-state index contributed by atoms with van der Waals surface area (Å²) in [5, 5.41) is 4.86. The molecule has 1 amide bonds. The Balaban J connectivity index is 1.44. The number of carbonyl (C=O) groups is 1. The molecule has 4 rings (SSSR count). The van der Waals surface area contributed by atoms with Gasteiger partial charge in [-0.1, -0.05) is 12.1 Å². The molecule has 0 atom stereocenters. The van der Waals surface area contributed by atoms with E-state index in [0.717, 1.165) is 12.8 Å². The number of anilines is 1. The number of hydrogen-bond acceptors (Lipinski definition) is 6. The lowest BCUT2D eigenvalue weighted by Gasteiger charge is -2.12. The molecule has 9 heteroatoms. The van der Waals surface area contributed by atoms with Crippen LogP contribution in [0.2, 0.25) is 0 Å². The van der Waals surface area contributed by atoms with Crippen molar-refractivity contribution in [2.75, 3.05) is 24.5 Å². The maximum Gasteiger partial charge on any atom is 0.262 e. The summed E-state index contributed by atoms with van der Waals surface area (Å²) in [4.78, 5) is 13.7. The highest BCUT2D eigenvalue weighted by molar-refractivity contribution is 7.92. The van der Waals surface area contributed by atoms with E-state index >= 15 is 0 Å². The van der Waals surface area contributed by atoms with Crippen LogP contribution in [-0.4, -0.2) is 34.1 Å². The molecule has 2 N–H and O–H groups in total. The highest BCUT2D eigenvalue weighted by atomic mass is 32.2. The number of amides is 1. The Labute approximate surface area is 185 Å². The molecule has 3 aromatic rings. The van der Waals surface area contributed by atoms with E-state index in [-0.39, 0.29) is 10.8 Å². The highest BCUT2D eigenvalue weighted by Crippen LogP contribution is 2.32. The topological polar surface area (TPSA) is 93.7 Å². The molecule has 0 bridgehead atoms. The summed E-state index contributed by atoms with van der Waals surface area (Å²) in [5.41, 5.74) is 0.683. The van der Waals surface area contributed by atoms with Crippen LogP contribution in [0.5, 0.6) is 11.5 Å². The SMILES string of the molecule is O=C(NCCc1cccs1)c1cccc(NS(=O)(=O)c2ccc3c(c2)OCCCO3)c1. The Bertz CT molecular complexity index is 1160. The molecule has 0 unspecified atom stereocenters. The third-order valence-electron chi connectivity index (χ3n) is 4.64. The van der Waals surface area contributed by atoms with Crippen molar-refractivity contribution in [2.24, 2.45) is 0 Å². The quantitative estimate of drug-likeness (QED) is 0.563. The number of hydrogen-bond donors (Lipinski definition) is 2. The van der Waals surface area contributed by atoms with Gasteiger partial charge in [0.2, 0.25) is 0 Å². The molecular formula is C22H22N2O5S2. The van der Waals surface area contributed by atoms with E-state index in [1.54, 1.807) is 35.6 Å². The minimum Gasteiger partial charge on any atom is -0.490 e. The van der Waals surface area contributed by atoms with Crippen LogP contribution in [0.25, 0.3) is 0 Å². The van der Waals surface area contributed by atoms with Gasteiger partial charge in [-0.2, -0.15) is 0 Å². The molecule has 0 saturated carbocycles. The van der Waals surface area contributed by atoms with Gasteiger partial charge < -0.3 is 14.8 Å². The number of benzene rings is 2. The van der Waals surface area contributed by atoms with Gasteiger partial charge in [-0.05, 0) is 48.2 Å². The van der Waals surface area contributed by atoms with Crippen molar-refractivity contribution in [3.63, 3.8) is 0 Å². The molecule has 0 radical (unpaired) electrons. The second-order valence-corrected chi connectivity index (χ2v) is 9.65. The predicted octanol–water partition coefficient (Wildman–Crippen LogP) is 3.68. The van der Waals surface area contributed by atoms with Crippen LogP contribution in [0, 0.1) is 0 Å². The van der Waals surface area contributed by atoms with Crippen molar-refractivity contribution in [1.82, 2.24) is 5.32 Å². The van der Waals surface area contributed by atoms with Crippen molar-refractivity contribution in [2.45, 2.75) is 17.7 Å². The van der Waals surface area contributed by atoms with E-state index in [0.29, 0.717) is 42.5 Å². The Kier molecular flexibility index (Phi) is 6.43. The average molecular weight is 459 g/mol. The largest absolute Gasteiger partial charge is 0.490 e. The first-order valence-electron chi connectivity index (χ1n) is 9.84. The molecule has 2 heterocycles. The van der Waals surface area contributed by atoms with E-state index in [4.69, 9.17) is 9.47 Å². The summed E-state index contributed by atoms with van der Waals surface area (Å²) in [5.74, 6) is 0.671. The van der Waals surface area contributed by atoms with Gasteiger partial charge >= 0.3 is 0 Å². The highest BCUT2D eigenvalue weighted by Gasteiger charge is 2.19. The fraction of sp³-hybridized carbons (Fsp3) is 0.227. The van der Waals surface area contributed by atoms with E-state index in [2.05, 4.69) is 10.0 Å². The number of ether oxygens (including phenoxy) is 2. The maximum absolute atomic E-state index is 12.9. The Morgan fingerprint density at radius 2 is 1.84 bits per heavy atom. The summed E-state index contributed by atoms with van der Waals surface area (Å²) >= 11 is 1.64. The van der Waals surface area contributed by atoms with Crippen LogP contribution >= 0.6 is 11.3 Å². The maximum atomic E-state index is 12.9. The van der Waals surface area contributed by atoms with E-state index in [1.807, 2.05) is 17.5 Å². The molecular weight excluding hydrogens is 436 g/mol. The molecule has 0 fully saturated rings. The van der Waals surface area contributed by atoms with Gasteiger partial charge in [0.15, 0.2) is 11.5 Å². The van der Waals surface area contributed by atoms with Crippen LogP contribution in [0.3, 0.4) is 0 Å². The minimum absolute atomic E-state index is 0.0579. The summed E-state index contributed by atoms with van der Waals surface area (Å²) in [6.45, 7) is 1.50. The minimum atomic E-state index is -3.86. The lowest BCUT2D eigenvalue weighted by atomic mass is 10.2. The summed E-state index contributed by atoms with van der Waals surface area (Å²) in [7, 11) is -3.86. The zero-order valence-electron chi connectivity index (χ0n) is 16.7. The lowest BCUT2D eigenvalue weighted by molar-refractivity contribution is 0.0954. The fourth-order valence-electron chi connectivity index (χ4n) is 3.10. The summed E-state index contributed by atoms with van der Waals surface area (Å²) in [6.07, 6.45) is 1.48. The molecule has 7 nitrogen and oxygen atoms in total. The molecule has 0 aliphatic carbocycles. The third kappa shape index (κ3) is 5.36. The van der Waals surface area contributed by atoms with Gasteiger partial charge in [0.1, 0.15) is 0 Å². The first-order valence-corrected chi connectivity index (χ1v) is 12.2. The van der Waals surface area contributed by atoms with Crippen molar-refractivity contribution in [3.05, 3.63) is 70.4 Å². The van der Waals surface area contributed by atoms with E-state index in [1.165, 1.54) is 23.1 Å². The van der Waals surface area contributed by atoms with Crippen LogP contribution in [0.1, 0.15) is 21.7 Å². The molecule has 1 aliphatic heterocycles.